The van der Waals surface area contributed by atoms with Gasteiger partial charge in [-0.3, -0.25) is 35.6 Å². The third-order valence-corrected chi connectivity index (χ3v) is 5.99. The van der Waals surface area contributed by atoms with E-state index in [0.29, 0.717) is 28.3 Å². The predicted octanol–water partition coefficient (Wildman–Crippen LogP) is 3.54. The minimum atomic E-state index is -5.44. The van der Waals surface area contributed by atoms with Crippen LogP contribution in [0.25, 0.3) is 0 Å². The highest BCUT2D eigenvalue weighted by Crippen LogP contribution is 2.33. The second-order valence-electron chi connectivity index (χ2n) is 9.90. The van der Waals surface area contributed by atoms with E-state index in [-0.39, 0.29) is 23.6 Å². The van der Waals surface area contributed by atoms with E-state index in [2.05, 4.69) is 26.0 Å². The number of carbonyl (C=O) groups excluding carboxylic acids is 4. The van der Waals surface area contributed by atoms with Crippen LogP contribution >= 0.6 is 0 Å². The number of anilines is 2. The zero-order valence-electron chi connectivity index (χ0n) is 25.6. The van der Waals surface area contributed by atoms with E-state index in [1.54, 1.807) is 49.4 Å². The number of benzene rings is 2. The summed E-state index contributed by atoms with van der Waals surface area (Å²) < 4.78 is 50.0. The van der Waals surface area contributed by atoms with Gasteiger partial charge in [-0.25, -0.2) is 4.79 Å². The number of pyridine rings is 1. The predicted molar refractivity (Wildman–Crippen MR) is 162 cm³/mol. The molecule has 0 bridgehead atoms. The SMILES string of the molecule is CCOc1cc(C(Nc2ccc(C(=N)N)cc2)C(=O)NNC(=O)c2ccncc2N(OC(=O)C(F)(F)F)C(C)=O)ccc1OC(C)C. The van der Waals surface area contributed by atoms with Gasteiger partial charge in [-0.2, -0.15) is 13.2 Å². The molecule has 47 heavy (non-hydrogen) atoms. The van der Waals surface area contributed by atoms with E-state index in [9.17, 15) is 32.3 Å². The number of hydrogen-bond donors (Lipinski definition) is 5. The van der Waals surface area contributed by atoms with Crippen LogP contribution in [0.4, 0.5) is 24.5 Å². The summed E-state index contributed by atoms with van der Waals surface area (Å²) in [5.74, 6) is -5.19. The molecule has 0 aliphatic carbocycles. The number of hydrazine groups is 1. The quantitative estimate of drug-likeness (QED) is 0.115. The number of amidine groups is 1. The number of nitrogens with two attached hydrogens (primary N) is 1. The second-order valence-corrected chi connectivity index (χ2v) is 9.90. The summed E-state index contributed by atoms with van der Waals surface area (Å²) >= 11 is 0. The molecule has 0 fully saturated rings. The minimum Gasteiger partial charge on any atom is -0.490 e. The lowest BCUT2D eigenvalue weighted by Gasteiger charge is -2.23. The maximum atomic E-state index is 13.6. The van der Waals surface area contributed by atoms with Crippen molar-refractivity contribution in [3.05, 3.63) is 77.6 Å². The number of hydroxylamine groups is 1. The number of hydrogen-bond acceptors (Lipinski definition) is 10. The van der Waals surface area contributed by atoms with Gasteiger partial charge in [-0.1, -0.05) is 6.07 Å². The van der Waals surface area contributed by atoms with Crippen molar-refractivity contribution in [3.63, 3.8) is 0 Å². The van der Waals surface area contributed by atoms with Gasteiger partial charge < -0.3 is 25.4 Å². The third-order valence-electron chi connectivity index (χ3n) is 5.99. The number of rotatable bonds is 11. The van der Waals surface area contributed by atoms with Crippen LogP contribution in [0, 0.1) is 5.41 Å². The average molecular weight is 660 g/mol. The second kappa shape index (κ2) is 15.4. The normalized spacial score (nSPS) is 11.6. The molecule has 2 aromatic carbocycles. The summed E-state index contributed by atoms with van der Waals surface area (Å²) in [6, 6.07) is 10.9. The lowest BCUT2D eigenvalue weighted by Crippen LogP contribution is -2.46. The Kier molecular flexibility index (Phi) is 11.7. The van der Waals surface area contributed by atoms with Gasteiger partial charge in [-0.05, 0) is 68.8 Å². The molecule has 0 saturated carbocycles. The van der Waals surface area contributed by atoms with E-state index in [0.717, 1.165) is 25.4 Å². The number of amides is 3. The minimum absolute atomic E-state index is 0.0370. The number of ether oxygens (including phenoxy) is 2. The molecule has 1 aromatic heterocycles. The van der Waals surface area contributed by atoms with Crippen LogP contribution in [0.3, 0.4) is 0 Å². The number of nitrogens with zero attached hydrogens (tertiary/aromatic N) is 2. The van der Waals surface area contributed by atoms with Crippen LogP contribution in [0.5, 0.6) is 11.5 Å². The number of carbonyl (C=O) groups is 4. The van der Waals surface area contributed by atoms with Crippen LogP contribution in [0.2, 0.25) is 0 Å². The Bertz CT molecular complexity index is 1630. The Morgan fingerprint density at radius 1 is 1.02 bits per heavy atom. The summed E-state index contributed by atoms with van der Waals surface area (Å²) in [5.41, 5.74) is 10.1. The van der Waals surface area contributed by atoms with E-state index in [1.807, 2.05) is 13.8 Å². The first-order valence-electron chi connectivity index (χ1n) is 13.9. The van der Waals surface area contributed by atoms with E-state index >= 15 is 0 Å². The molecule has 250 valence electrons. The highest BCUT2D eigenvalue weighted by molar-refractivity contribution is 6.04. The Hall–Kier alpha value is -5.87. The van der Waals surface area contributed by atoms with Gasteiger partial charge in [0.1, 0.15) is 17.6 Å². The van der Waals surface area contributed by atoms with Crippen molar-refractivity contribution in [2.45, 2.75) is 46.0 Å². The Labute approximate surface area is 266 Å². The van der Waals surface area contributed by atoms with Crippen molar-refractivity contribution in [1.82, 2.24) is 15.8 Å². The topological polar surface area (TPSA) is 198 Å². The number of halogens is 3. The molecule has 0 spiro atoms. The first-order chi connectivity index (χ1) is 22.1. The van der Waals surface area contributed by atoms with Crippen LogP contribution in [-0.2, 0) is 19.2 Å². The third kappa shape index (κ3) is 9.56. The van der Waals surface area contributed by atoms with Crippen molar-refractivity contribution in [3.8, 4) is 11.5 Å². The molecule has 0 radical (unpaired) electrons. The van der Waals surface area contributed by atoms with E-state index < -0.39 is 47.2 Å². The van der Waals surface area contributed by atoms with Gasteiger partial charge in [0.25, 0.3) is 17.7 Å². The Balaban J connectivity index is 1.92. The number of nitrogens with one attached hydrogen (secondary N) is 4. The maximum Gasteiger partial charge on any atom is 0.493 e. The lowest BCUT2D eigenvalue weighted by molar-refractivity contribution is -0.201. The first-order valence-corrected chi connectivity index (χ1v) is 13.9. The van der Waals surface area contributed by atoms with Gasteiger partial charge in [0, 0.05) is 24.4 Å². The fourth-order valence-electron chi connectivity index (χ4n) is 3.95. The lowest BCUT2D eigenvalue weighted by atomic mass is 10.0. The summed E-state index contributed by atoms with van der Waals surface area (Å²) in [6.07, 6.45) is -3.70. The average Bonchev–Trinajstić information content (AvgIpc) is 3.01. The van der Waals surface area contributed by atoms with E-state index in [1.165, 1.54) is 0 Å². The zero-order chi connectivity index (χ0) is 34.9. The zero-order valence-corrected chi connectivity index (χ0v) is 25.6. The molecule has 1 heterocycles. The van der Waals surface area contributed by atoms with Crippen LogP contribution in [0.15, 0.2) is 60.9 Å². The van der Waals surface area contributed by atoms with E-state index in [4.69, 9.17) is 20.6 Å². The van der Waals surface area contributed by atoms with Crippen molar-refractivity contribution in [2.24, 2.45) is 5.73 Å². The summed E-state index contributed by atoms with van der Waals surface area (Å²) in [5, 5.41) is 10.6. The fraction of sp³-hybridized carbons (Fsp3) is 0.267. The first kappa shape index (κ1) is 35.6. The van der Waals surface area contributed by atoms with Crippen LogP contribution < -0.4 is 36.4 Å². The van der Waals surface area contributed by atoms with Crippen molar-refractivity contribution < 1.29 is 46.7 Å². The summed E-state index contributed by atoms with van der Waals surface area (Å²) in [4.78, 5) is 58.1. The monoisotopic (exact) mass is 659 g/mol. The molecule has 14 nitrogen and oxygen atoms in total. The highest BCUT2D eigenvalue weighted by atomic mass is 19.4. The molecule has 3 amide bonds. The summed E-state index contributed by atoms with van der Waals surface area (Å²) in [7, 11) is 0. The maximum absolute atomic E-state index is 13.6. The van der Waals surface area contributed by atoms with Crippen molar-refractivity contribution >= 4 is 40.9 Å². The Morgan fingerprint density at radius 3 is 2.28 bits per heavy atom. The molecule has 6 N–H and O–H groups in total. The van der Waals surface area contributed by atoms with Crippen LogP contribution in [-0.4, -0.2) is 53.4 Å². The molecule has 3 aromatic rings. The van der Waals surface area contributed by atoms with Crippen LogP contribution in [0.1, 0.15) is 55.2 Å². The Morgan fingerprint density at radius 2 is 1.70 bits per heavy atom. The molecular formula is C30H32F3N7O7. The number of aromatic nitrogens is 1. The molecule has 17 heteroatoms. The smallest absolute Gasteiger partial charge is 0.490 e. The molecule has 1 atom stereocenters. The standard InChI is InChI=1S/C30H32F3N7O7/c1-5-45-24-14-19(8-11-23(24)46-16(2)3)25(37-20-9-6-18(7-10-20)26(34)35)28(43)39-38-27(42)21-12-13-36-15-22(21)40(17(4)41)47-29(44)30(31,32)33/h6-16,25,37H,5H2,1-4H3,(H3,34,35)(H,38,42)(H,39,43). The highest BCUT2D eigenvalue weighted by Gasteiger charge is 2.44. The largest absolute Gasteiger partial charge is 0.493 e. The van der Waals surface area contributed by atoms with Crippen molar-refractivity contribution in [1.29, 1.82) is 5.41 Å². The van der Waals surface area contributed by atoms with Gasteiger partial charge in [-0.15, -0.1) is 5.06 Å². The number of alkyl halides is 3. The molecule has 0 saturated heterocycles. The molecule has 0 aliphatic heterocycles. The summed E-state index contributed by atoms with van der Waals surface area (Å²) in [6.45, 7) is 6.52. The number of nitrogen functional groups attached to an aromatic ring is 1. The molecular weight excluding hydrogens is 627 g/mol. The van der Waals surface area contributed by atoms with Gasteiger partial charge in [0.15, 0.2) is 11.5 Å². The van der Waals surface area contributed by atoms with Gasteiger partial charge >= 0.3 is 12.1 Å². The van der Waals surface area contributed by atoms with Gasteiger partial charge in [0.2, 0.25) is 0 Å². The molecule has 0 aliphatic rings. The molecule has 1 unspecified atom stereocenters. The van der Waals surface area contributed by atoms with Gasteiger partial charge in [0.05, 0.1) is 24.5 Å². The fourth-order valence-corrected chi connectivity index (χ4v) is 3.95. The molecule has 3 rings (SSSR count). The van der Waals surface area contributed by atoms with Crippen molar-refractivity contribution in [2.75, 3.05) is 17.0 Å².